The lowest BCUT2D eigenvalue weighted by atomic mass is 10.2. The summed E-state index contributed by atoms with van der Waals surface area (Å²) in [6.45, 7) is 10.6. The second kappa shape index (κ2) is 15.8. The highest BCUT2D eigenvalue weighted by Crippen LogP contribution is 1.93. The molecule has 0 bridgehead atoms. The summed E-state index contributed by atoms with van der Waals surface area (Å²) in [5.74, 6) is 0.884. The van der Waals surface area contributed by atoms with E-state index in [0.717, 1.165) is 5.92 Å². The van der Waals surface area contributed by atoms with Gasteiger partial charge in [-0.2, -0.15) is 0 Å². The lowest BCUT2D eigenvalue weighted by molar-refractivity contribution is 0.626. The topological polar surface area (TPSA) is 0 Å². The van der Waals surface area contributed by atoms with E-state index in [2.05, 4.69) is 20.8 Å². The summed E-state index contributed by atoms with van der Waals surface area (Å²) < 4.78 is 0. The second-order valence-electron chi connectivity index (χ2n) is 1.80. The zero-order valence-corrected chi connectivity index (χ0v) is 6.28. The van der Waals surface area contributed by atoms with Gasteiger partial charge in [-0.1, -0.05) is 48.5 Å². The summed E-state index contributed by atoms with van der Waals surface area (Å²) in [5.41, 5.74) is 0. The Labute approximate surface area is 55.3 Å². The molecule has 0 atom stereocenters. The molecule has 0 radical (unpaired) electrons. The molecule has 0 aromatic heterocycles. The molecule has 0 nitrogen and oxygen atoms in total. The van der Waals surface area contributed by atoms with Crippen LogP contribution < -0.4 is 0 Å². The van der Waals surface area contributed by atoms with E-state index in [-0.39, 0.29) is 7.43 Å². The van der Waals surface area contributed by atoms with Crippen LogP contribution in [-0.2, 0) is 0 Å². The molecule has 0 saturated heterocycles. The van der Waals surface area contributed by atoms with Crippen LogP contribution in [0.1, 0.15) is 48.5 Å². The van der Waals surface area contributed by atoms with Crippen LogP contribution in [0.25, 0.3) is 0 Å². The summed E-state index contributed by atoms with van der Waals surface area (Å²) in [4.78, 5) is 0. The zero-order chi connectivity index (χ0) is 6.28. The highest BCUT2D eigenvalue weighted by Gasteiger charge is 1.80. The van der Waals surface area contributed by atoms with E-state index in [1.165, 1.54) is 6.42 Å². The summed E-state index contributed by atoms with van der Waals surface area (Å²) in [6.07, 6.45) is 1.31. The van der Waals surface area contributed by atoms with Crippen LogP contribution in [-0.4, -0.2) is 0 Å². The molecule has 8 heavy (non-hydrogen) atoms. The smallest absolute Gasteiger partial charge is 0.0474 e. The maximum atomic E-state index is 2.22. The maximum absolute atomic E-state index is 2.22. The van der Waals surface area contributed by atoms with Crippen molar-refractivity contribution in [2.75, 3.05) is 0 Å². The van der Waals surface area contributed by atoms with Crippen molar-refractivity contribution in [3.63, 3.8) is 0 Å². The Kier molecular flexibility index (Phi) is 30.9. The van der Waals surface area contributed by atoms with Crippen LogP contribution >= 0.6 is 0 Å². The van der Waals surface area contributed by atoms with E-state index < -0.39 is 0 Å². The molecular weight excluding hydrogens is 96.1 g/mol. The highest BCUT2D eigenvalue weighted by atomic mass is 13.9. The minimum absolute atomic E-state index is 0. The molecule has 0 aromatic rings. The Balaban J connectivity index is -0.0000000750. The predicted molar refractivity (Wildman–Crippen MR) is 43.2 cm³/mol. The first kappa shape index (κ1) is 15.7. The average molecular weight is 118 g/mol. The van der Waals surface area contributed by atoms with Crippen LogP contribution in [0.4, 0.5) is 0 Å². The van der Waals surface area contributed by atoms with Gasteiger partial charge < -0.3 is 0 Å². The molecule has 0 heterocycles. The molecule has 0 unspecified atom stereocenters. The third kappa shape index (κ3) is 37.5. The fourth-order valence-corrected chi connectivity index (χ4v) is 0. The van der Waals surface area contributed by atoms with Crippen LogP contribution in [0.3, 0.4) is 0 Å². The third-order valence-electron chi connectivity index (χ3n) is 0.816. The molecule has 0 fully saturated rings. The van der Waals surface area contributed by atoms with Crippen LogP contribution in [0.2, 0.25) is 0 Å². The molecule has 0 spiro atoms. The second-order valence-corrected chi connectivity index (χ2v) is 1.80. The Morgan fingerprint density at radius 3 is 1.25 bits per heavy atom. The lowest BCUT2D eigenvalue weighted by Gasteiger charge is -1.90. The van der Waals surface area contributed by atoms with Crippen LogP contribution in [0.5, 0.6) is 0 Å². The monoisotopic (exact) mass is 118 g/mol. The molecule has 0 N–H and O–H groups in total. The fourth-order valence-electron chi connectivity index (χ4n) is 0. The molecule has 0 aliphatic heterocycles. The molecule has 0 rings (SSSR count). The molecule has 0 heteroatoms. The van der Waals surface area contributed by atoms with E-state index in [1.807, 2.05) is 13.8 Å². The van der Waals surface area contributed by atoms with E-state index in [4.69, 9.17) is 0 Å². The van der Waals surface area contributed by atoms with Crippen molar-refractivity contribution < 1.29 is 0 Å². The maximum Gasteiger partial charge on any atom is -0.0474 e. The summed E-state index contributed by atoms with van der Waals surface area (Å²) >= 11 is 0. The van der Waals surface area contributed by atoms with Gasteiger partial charge in [-0.25, -0.2) is 0 Å². The molecular formula is C8H22. The lowest BCUT2D eigenvalue weighted by Crippen LogP contribution is -1.77. The fraction of sp³-hybridized carbons (Fsp3) is 1.00. The minimum atomic E-state index is 0. The normalized spacial score (nSPS) is 6.75. The third-order valence-corrected chi connectivity index (χ3v) is 0.816. The molecule has 0 saturated carbocycles. The average Bonchev–Trinajstić information content (AvgIpc) is 1.73. The first-order chi connectivity index (χ1) is 3.27. The quantitative estimate of drug-likeness (QED) is 0.492. The van der Waals surface area contributed by atoms with Crippen molar-refractivity contribution in [1.29, 1.82) is 0 Å². The first-order valence-electron chi connectivity index (χ1n) is 3.27. The van der Waals surface area contributed by atoms with E-state index in [1.54, 1.807) is 0 Å². The minimum Gasteiger partial charge on any atom is -0.0776 e. The largest absolute Gasteiger partial charge is 0.0776 e. The zero-order valence-electron chi connectivity index (χ0n) is 6.28. The number of hydrogen-bond donors (Lipinski definition) is 0. The van der Waals surface area contributed by atoms with Gasteiger partial charge in [0.1, 0.15) is 0 Å². The molecule has 0 aliphatic carbocycles. The van der Waals surface area contributed by atoms with E-state index >= 15 is 0 Å². The summed E-state index contributed by atoms with van der Waals surface area (Å²) in [5, 5.41) is 0. The molecule has 0 aliphatic rings. The Morgan fingerprint density at radius 2 is 1.25 bits per heavy atom. The number of rotatable bonds is 1. The number of hydrogen-bond acceptors (Lipinski definition) is 0. The van der Waals surface area contributed by atoms with Crippen LogP contribution in [0, 0.1) is 5.92 Å². The van der Waals surface area contributed by atoms with Gasteiger partial charge in [0.2, 0.25) is 0 Å². The Morgan fingerprint density at radius 1 is 1.12 bits per heavy atom. The van der Waals surface area contributed by atoms with Gasteiger partial charge in [-0.15, -0.1) is 0 Å². The van der Waals surface area contributed by atoms with Crippen molar-refractivity contribution in [2.45, 2.75) is 48.5 Å². The van der Waals surface area contributed by atoms with Gasteiger partial charge in [0, 0.05) is 0 Å². The van der Waals surface area contributed by atoms with Crippen LogP contribution in [0.15, 0.2) is 0 Å². The van der Waals surface area contributed by atoms with Crippen molar-refractivity contribution >= 4 is 0 Å². The predicted octanol–water partition coefficient (Wildman–Crippen LogP) is 3.71. The van der Waals surface area contributed by atoms with Crippen molar-refractivity contribution in [2.24, 2.45) is 5.92 Å². The van der Waals surface area contributed by atoms with Gasteiger partial charge in [-0.3, -0.25) is 0 Å². The van der Waals surface area contributed by atoms with Crippen molar-refractivity contribution in [3.05, 3.63) is 0 Å². The SMILES string of the molecule is C.CC.CCC(C)C. The first-order valence-corrected chi connectivity index (χ1v) is 3.27. The Hall–Kier alpha value is 0. The van der Waals surface area contributed by atoms with E-state index in [0.29, 0.717) is 0 Å². The summed E-state index contributed by atoms with van der Waals surface area (Å²) in [7, 11) is 0. The van der Waals surface area contributed by atoms with Crippen molar-refractivity contribution in [1.82, 2.24) is 0 Å². The van der Waals surface area contributed by atoms with Crippen molar-refractivity contribution in [3.8, 4) is 0 Å². The highest BCUT2D eigenvalue weighted by molar-refractivity contribution is 4.32. The molecule has 54 valence electrons. The van der Waals surface area contributed by atoms with Gasteiger partial charge in [0.05, 0.1) is 0 Å². The van der Waals surface area contributed by atoms with E-state index in [9.17, 15) is 0 Å². The van der Waals surface area contributed by atoms with Gasteiger partial charge in [0.15, 0.2) is 0 Å². The molecule has 0 aromatic carbocycles. The molecule has 0 amide bonds. The standard InChI is InChI=1S/C5H12.C2H6.CH4/c1-4-5(2)3;1-2;/h5H,4H2,1-3H3;1-2H3;1H4. The van der Waals surface area contributed by atoms with Gasteiger partial charge in [0.25, 0.3) is 0 Å². The summed E-state index contributed by atoms with van der Waals surface area (Å²) in [6, 6.07) is 0. The Bertz CT molecular complexity index is 14.0. The van der Waals surface area contributed by atoms with Gasteiger partial charge in [-0.05, 0) is 5.92 Å². The van der Waals surface area contributed by atoms with Gasteiger partial charge >= 0.3 is 0 Å².